The molecule has 1 fully saturated rings. The number of aromatic amines is 1. The first-order chi connectivity index (χ1) is 13.6. The zero-order valence-corrected chi connectivity index (χ0v) is 15.7. The van der Waals surface area contributed by atoms with Crippen LogP contribution in [0, 0.1) is 12.7 Å². The third kappa shape index (κ3) is 3.50. The van der Waals surface area contributed by atoms with Crippen LogP contribution in [0.5, 0.6) is 0 Å². The van der Waals surface area contributed by atoms with Crippen molar-refractivity contribution in [1.29, 1.82) is 0 Å². The summed E-state index contributed by atoms with van der Waals surface area (Å²) in [6.07, 6.45) is 5.08. The monoisotopic (exact) mass is 380 g/mol. The normalized spacial score (nSPS) is 13.4. The summed E-state index contributed by atoms with van der Waals surface area (Å²) < 4.78 is 19.4. The lowest BCUT2D eigenvalue weighted by molar-refractivity contribution is 0.533. The van der Waals surface area contributed by atoms with Gasteiger partial charge in [0.2, 0.25) is 11.8 Å². The molecule has 3 aromatic heterocycles. The average Bonchev–Trinajstić information content (AvgIpc) is 3.30. The molecule has 1 aliphatic carbocycles. The first kappa shape index (κ1) is 18.2. The smallest absolute Gasteiger partial charge is 0.247 e. The van der Waals surface area contributed by atoms with E-state index in [1.807, 2.05) is 31.3 Å². The van der Waals surface area contributed by atoms with E-state index in [1.165, 1.54) is 6.20 Å². The molecule has 0 spiro atoms. The van der Waals surface area contributed by atoms with Gasteiger partial charge in [0.1, 0.15) is 0 Å². The van der Waals surface area contributed by atoms with Gasteiger partial charge in [0.05, 0.1) is 11.9 Å². The van der Waals surface area contributed by atoms with Gasteiger partial charge in [-0.05, 0) is 37.6 Å². The molecule has 3 heterocycles. The van der Waals surface area contributed by atoms with Crippen LogP contribution in [0.3, 0.4) is 0 Å². The second-order valence-electron chi connectivity index (χ2n) is 6.70. The summed E-state index contributed by atoms with van der Waals surface area (Å²) in [5.41, 5.74) is 7.95. The maximum absolute atomic E-state index is 13.9. The largest absolute Gasteiger partial charge is 0.421 e. The number of hydrogen-bond donors (Lipinski definition) is 2. The first-order valence-corrected chi connectivity index (χ1v) is 9.25. The minimum Gasteiger partial charge on any atom is -0.421 e. The minimum atomic E-state index is -0.326. The molecule has 7 nitrogen and oxygen atoms in total. The maximum atomic E-state index is 13.9. The Bertz CT molecular complexity index is 1120. The van der Waals surface area contributed by atoms with Crippen LogP contribution in [0.1, 0.15) is 37.3 Å². The van der Waals surface area contributed by atoms with Crippen molar-refractivity contribution < 1.29 is 8.81 Å². The Kier molecular flexibility index (Phi) is 4.87. The lowest BCUT2D eigenvalue weighted by Gasteiger charge is -2.04. The van der Waals surface area contributed by atoms with Crippen LogP contribution in [-0.4, -0.2) is 31.7 Å². The predicted octanol–water partition coefficient (Wildman–Crippen LogP) is 3.96. The van der Waals surface area contributed by atoms with Crippen LogP contribution in [0.2, 0.25) is 0 Å². The SMILES string of the molecule is CCN.Cc1nnc(-c2ccc3[nH]cc(-c4ncc(F)c(C5CC5)n4)c3c2)o1. The van der Waals surface area contributed by atoms with Crippen molar-refractivity contribution in [2.24, 2.45) is 5.73 Å². The van der Waals surface area contributed by atoms with Crippen LogP contribution in [-0.2, 0) is 0 Å². The van der Waals surface area contributed by atoms with E-state index >= 15 is 0 Å². The molecule has 1 saturated carbocycles. The Balaban J connectivity index is 0.000000604. The van der Waals surface area contributed by atoms with Crippen molar-refractivity contribution in [3.05, 3.63) is 48.0 Å². The highest BCUT2D eigenvalue weighted by molar-refractivity contribution is 5.96. The van der Waals surface area contributed by atoms with E-state index in [4.69, 9.17) is 10.2 Å². The molecule has 28 heavy (non-hydrogen) atoms. The number of nitrogens with zero attached hydrogens (tertiary/aromatic N) is 4. The highest BCUT2D eigenvalue weighted by Gasteiger charge is 2.29. The quantitative estimate of drug-likeness (QED) is 0.557. The third-order valence-corrected chi connectivity index (χ3v) is 4.43. The van der Waals surface area contributed by atoms with Crippen LogP contribution < -0.4 is 5.73 Å². The van der Waals surface area contributed by atoms with E-state index in [2.05, 4.69) is 25.1 Å². The number of rotatable bonds is 3. The van der Waals surface area contributed by atoms with Gasteiger partial charge >= 0.3 is 0 Å². The van der Waals surface area contributed by atoms with Crippen LogP contribution in [0.15, 0.2) is 35.0 Å². The zero-order valence-electron chi connectivity index (χ0n) is 15.7. The van der Waals surface area contributed by atoms with Gasteiger partial charge in [0, 0.05) is 41.1 Å². The summed E-state index contributed by atoms with van der Waals surface area (Å²) in [5, 5.41) is 8.86. The van der Waals surface area contributed by atoms with Crippen molar-refractivity contribution in [3.8, 4) is 22.8 Å². The number of fused-ring (bicyclic) bond motifs is 1. The standard InChI is InChI=1S/C18H14FN5O.C2H7N/c1-9-23-24-18(25-9)11-4-5-15-12(6-11)13(7-20-15)17-21-8-14(19)16(22-17)10-2-3-10;1-2-3/h4-8,10,20H,2-3H2,1H3;2-3H2,1H3. The van der Waals surface area contributed by atoms with E-state index in [-0.39, 0.29) is 11.7 Å². The molecule has 0 saturated heterocycles. The molecule has 0 unspecified atom stereocenters. The van der Waals surface area contributed by atoms with E-state index in [0.29, 0.717) is 23.3 Å². The number of H-pyrrole nitrogens is 1. The Morgan fingerprint density at radius 3 is 2.75 bits per heavy atom. The number of aryl methyl sites for hydroxylation is 1. The summed E-state index contributed by atoms with van der Waals surface area (Å²) in [4.78, 5) is 11.9. The van der Waals surface area contributed by atoms with Crippen molar-refractivity contribution >= 4 is 10.9 Å². The summed E-state index contributed by atoms with van der Waals surface area (Å²) in [5.74, 6) is 1.40. The minimum absolute atomic E-state index is 0.226. The lowest BCUT2D eigenvalue weighted by Crippen LogP contribution is -1.98. The van der Waals surface area contributed by atoms with Gasteiger partial charge in [-0.25, -0.2) is 14.4 Å². The predicted molar refractivity (Wildman–Crippen MR) is 104 cm³/mol. The van der Waals surface area contributed by atoms with Gasteiger partial charge in [-0.15, -0.1) is 10.2 Å². The fourth-order valence-corrected chi connectivity index (χ4v) is 3.01. The molecular formula is C20H21FN6O. The number of nitrogens with two attached hydrogens (primary N) is 1. The van der Waals surface area contributed by atoms with E-state index in [1.54, 1.807) is 6.92 Å². The highest BCUT2D eigenvalue weighted by atomic mass is 19.1. The van der Waals surface area contributed by atoms with Gasteiger partial charge in [-0.3, -0.25) is 0 Å². The first-order valence-electron chi connectivity index (χ1n) is 9.25. The van der Waals surface area contributed by atoms with Crippen LogP contribution in [0.25, 0.3) is 33.7 Å². The topological polar surface area (TPSA) is 107 Å². The van der Waals surface area contributed by atoms with E-state index in [0.717, 1.165) is 41.4 Å². The molecule has 4 aromatic rings. The second kappa shape index (κ2) is 7.47. The van der Waals surface area contributed by atoms with Gasteiger partial charge < -0.3 is 15.1 Å². The van der Waals surface area contributed by atoms with Gasteiger partial charge in [-0.2, -0.15) is 0 Å². The number of nitrogens with one attached hydrogen (secondary N) is 1. The molecule has 144 valence electrons. The molecule has 8 heteroatoms. The summed E-state index contributed by atoms with van der Waals surface area (Å²) >= 11 is 0. The van der Waals surface area contributed by atoms with E-state index in [9.17, 15) is 4.39 Å². The molecule has 0 atom stereocenters. The highest BCUT2D eigenvalue weighted by Crippen LogP contribution is 2.41. The maximum Gasteiger partial charge on any atom is 0.247 e. The van der Waals surface area contributed by atoms with Crippen LogP contribution >= 0.6 is 0 Å². The average molecular weight is 380 g/mol. The van der Waals surface area contributed by atoms with Crippen LogP contribution in [0.4, 0.5) is 4.39 Å². The third-order valence-electron chi connectivity index (χ3n) is 4.43. The Labute approximate surface area is 161 Å². The number of halogens is 1. The number of hydrogen-bond acceptors (Lipinski definition) is 6. The Morgan fingerprint density at radius 1 is 1.29 bits per heavy atom. The molecule has 0 radical (unpaired) electrons. The van der Waals surface area contributed by atoms with Crippen molar-refractivity contribution in [3.63, 3.8) is 0 Å². The van der Waals surface area contributed by atoms with Crippen molar-refractivity contribution in [1.82, 2.24) is 25.1 Å². The van der Waals surface area contributed by atoms with Gasteiger partial charge in [0.15, 0.2) is 11.6 Å². The summed E-state index contributed by atoms with van der Waals surface area (Å²) in [7, 11) is 0. The number of aromatic nitrogens is 5. The fraction of sp³-hybridized carbons (Fsp3) is 0.300. The molecule has 0 amide bonds. The molecule has 5 rings (SSSR count). The molecular weight excluding hydrogens is 359 g/mol. The second-order valence-corrected chi connectivity index (χ2v) is 6.70. The molecule has 1 aliphatic rings. The van der Waals surface area contributed by atoms with E-state index < -0.39 is 0 Å². The Morgan fingerprint density at radius 2 is 2.07 bits per heavy atom. The van der Waals surface area contributed by atoms with Gasteiger partial charge in [-0.1, -0.05) is 6.92 Å². The van der Waals surface area contributed by atoms with Crippen molar-refractivity contribution in [2.75, 3.05) is 6.54 Å². The molecule has 3 N–H and O–H groups in total. The lowest BCUT2D eigenvalue weighted by atomic mass is 10.1. The zero-order chi connectivity index (χ0) is 19.7. The summed E-state index contributed by atoms with van der Waals surface area (Å²) in [6.45, 7) is 4.41. The van der Waals surface area contributed by atoms with Gasteiger partial charge in [0.25, 0.3) is 0 Å². The van der Waals surface area contributed by atoms with Crippen molar-refractivity contribution in [2.45, 2.75) is 32.6 Å². The number of benzene rings is 1. The molecule has 0 bridgehead atoms. The molecule has 0 aliphatic heterocycles. The Hall–Kier alpha value is -3.13. The fourth-order valence-electron chi connectivity index (χ4n) is 3.01. The summed E-state index contributed by atoms with van der Waals surface area (Å²) in [6, 6.07) is 5.81. The molecule has 1 aromatic carbocycles.